The zero-order valence-electron chi connectivity index (χ0n) is 73.2. The second kappa shape index (κ2) is 42.2. The highest BCUT2D eigenvalue weighted by Crippen LogP contribution is 2.68. The van der Waals surface area contributed by atoms with Crippen molar-refractivity contribution in [2.24, 2.45) is 23.0 Å². The number of aliphatic hydroxyl groups excluding tert-OH is 1. The number of rotatable bonds is 37. The fourth-order valence-corrected chi connectivity index (χ4v) is 21.2. The standard InChI is InChI=1S/C57H77N9O15S2.C28H32N10O11/c1-7-53(77)25-32-26-56(51(75)80-6,43-34(14-18-65(28-32)30-53)33-12-9-10-13-37(33)59-43)36-23-35-40(24-41(36)79-5)64(4)48-55(35)16-19-66-17-11-15-54(8-2,47(55)66)49(73)57(48,78)50(74)62-63-52(76)81-20-21-82-83-29-39(46(71)72)61-45(70)38(27-58)60-44(69)31(3)22-42(67)68;1-30-24(45)16(8-19(40)41)36-25(46)17(9-20(42)43)34-18(39)7-6-15(27(48)49)35-23(44)12-2-4-13(5-3-12)31-10-14-11-32-22-21(33-14)26(47)38-28(29)37-22/h9-13,15,23-24,31-32,38-39,47-49,59,73,77-78H,7-8,14,16-22,25-30,58H2,1-6H3,(H,60,69)(H,61,70)(H,62,74)(H,63,76)(H,67,68)(H,71,72);2-5,11,15-17,31H,6-10H2,1H3,(H,30,45)(H,34,39)(H,35,44)(H,36,46)(H,40,41)(H,42,43)(H,48,49)(H3,29,32,37,38,47)/t31-,32+,38-,39-,47-,48+,49+,53-,54+,55+,56-,57-;15-,16-,17-/m00/s1. The second-order valence-corrected chi connectivity index (χ2v) is 36.1. The summed E-state index contributed by atoms with van der Waals surface area (Å²) in [6, 6.07) is 8.44. The number of aromatic nitrogens is 5. The van der Waals surface area contributed by atoms with E-state index in [9.17, 15) is 93.0 Å². The van der Waals surface area contributed by atoms with Crippen LogP contribution < -0.4 is 74.7 Å². The smallest absolute Gasteiger partial charge is 0.426 e. The number of nitrogen functional groups attached to an aromatic ring is 1. The molecule has 8 amide bonds. The van der Waals surface area contributed by atoms with E-state index in [1.165, 1.54) is 58.7 Å². The van der Waals surface area contributed by atoms with Gasteiger partial charge in [-0.1, -0.05) is 72.7 Å². The first-order valence-electron chi connectivity index (χ1n) is 42.5. The van der Waals surface area contributed by atoms with Crippen molar-refractivity contribution in [3.8, 4) is 5.75 Å². The number of carboxylic acids is 5. The average Bonchev–Trinajstić information content (AvgIpc) is 1.47. The highest BCUT2D eigenvalue weighted by molar-refractivity contribution is 8.76. The molecule has 3 fully saturated rings. The Labute approximate surface area is 762 Å². The van der Waals surface area contributed by atoms with E-state index in [2.05, 4.69) is 82.8 Å². The number of aromatic amines is 2. The Morgan fingerprint density at radius 3 is 2.07 bits per heavy atom. The summed E-state index contributed by atoms with van der Waals surface area (Å²) in [5.74, 6) is -14.9. The number of nitrogens with two attached hydrogens (primary N) is 2. The Morgan fingerprint density at radius 2 is 1.42 bits per heavy atom. The monoisotopic (exact) mass is 1880 g/mol. The minimum absolute atomic E-state index is 0.000511. The van der Waals surface area contributed by atoms with Crippen molar-refractivity contribution in [2.75, 3.05) is 102 Å². The minimum Gasteiger partial charge on any atom is -0.496 e. The molecule has 132 heavy (non-hydrogen) atoms. The number of hydrogen-bond donors (Lipinski definition) is 21. The van der Waals surface area contributed by atoms with Crippen LogP contribution in [0.5, 0.6) is 5.75 Å². The molecule has 16 atom stereocenters. The number of hydrogen-bond acceptors (Lipinski definition) is 32. The number of ether oxygens (including phenoxy) is 3. The van der Waals surface area contributed by atoms with Gasteiger partial charge in [0.1, 0.15) is 54.1 Å². The molecule has 47 heteroatoms. The normalized spacial score (nSPS) is 23.9. The van der Waals surface area contributed by atoms with Crippen LogP contribution in [0.4, 0.5) is 22.1 Å². The summed E-state index contributed by atoms with van der Waals surface area (Å²) in [6.45, 7) is 7.63. The number of carbonyl (C=O) groups is 14. The van der Waals surface area contributed by atoms with E-state index in [0.717, 1.165) is 43.6 Å². The van der Waals surface area contributed by atoms with Gasteiger partial charge >= 0.3 is 41.9 Å². The summed E-state index contributed by atoms with van der Waals surface area (Å²) in [6.07, 6.45) is 1.67. The third kappa shape index (κ3) is 21.0. The van der Waals surface area contributed by atoms with E-state index in [-0.39, 0.29) is 66.2 Å². The van der Waals surface area contributed by atoms with Crippen LogP contribution in [0.2, 0.25) is 0 Å². The maximum atomic E-state index is 15.5. The molecule has 3 aromatic carbocycles. The minimum atomic E-state index is -2.63. The Hall–Kier alpha value is -12.8. The van der Waals surface area contributed by atoms with Gasteiger partial charge in [-0.15, -0.1) is 0 Å². The van der Waals surface area contributed by atoms with Gasteiger partial charge in [0.15, 0.2) is 16.8 Å². The van der Waals surface area contributed by atoms with Crippen LogP contribution in [-0.4, -0.2) is 304 Å². The third-order valence-corrected chi connectivity index (χ3v) is 27.6. The van der Waals surface area contributed by atoms with Gasteiger partial charge in [0.05, 0.1) is 63.6 Å². The van der Waals surface area contributed by atoms with E-state index in [1.54, 1.807) is 7.05 Å². The lowest BCUT2D eigenvalue weighted by molar-refractivity contribution is -0.204. The van der Waals surface area contributed by atoms with Gasteiger partial charge < -0.3 is 114 Å². The zero-order chi connectivity index (χ0) is 96.2. The van der Waals surface area contributed by atoms with E-state index >= 15 is 9.59 Å². The van der Waals surface area contributed by atoms with Crippen molar-refractivity contribution in [1.82, 2.24) is 77.5 Å². The second-order valence-electron chi connectivity index (χ2n) is 33.5. The van der Waals surface area contributed by atoms with Crippen LogP contribution in [0.1, 0.15) is 123 Å². The molecule has 1 saturated carbocycles. The lowest BCUT2D eigenvalue weighted by Crippen LogP contribution is -2.82. The van der Waals surface area contributed by atoms with E-state index < -0.39 is 203 Å². The molecule has 2 bridgehead atoms. The fourth-order valence-electron chi connectivity index (χ4n) is 19.2. The molecular weight excluding hydrogens is 1770 g/mol. The quantitative estimate of drug-likeness (QED) is 0.00735. The number of methoxy groups -OCH3 is 2. The van der Waals surface area contributed by atoms with Crippen LogP contribution in [0.3, 0.4) is 0 Å². The maximum Gasteiger partial charge on any atom is 0.426 e. The molecule has 23 N–H and O–H groups in total. The topological polar surface area (TPSA) is 686 Å². The molecule has 6 aromatic rings. The predicted molar refractivity (Wildman–Crippen MR) is 475 cm³/mol. The molecule has 45 nitrogen and oxygen atoms in total. The number of likely N-dealkylation sites (N-methyl/N-ethyl adjacent to an activating group) is 2. The first-order valence-corrected chi connectivity index (χ1v) is 45.0. The molecule has 3 aromatic heterocycles. The first-order chi connectivity index (χ1) is 62.7. The highest BCUT2D eigenvalue weighted by Gasteiger charge is 2.79. The van der Waals surface area contributed by atoms with Gasteiger partial charge in [0, 0.05) is 133 Å². The van der Waals surface area contributed by atoms with Crippen molar-refractivity contribution in [3.05, 3.63) is 123 Å². The number of aliphatic carboxylic acids is 5. The van der Waals surface area contributed by atoms with Gasteiger partial charge in [-0.3, -0.25) is 77.7 Å². The molecule has 8 heterocycles. The molecule has 712 valence electrons. The number of anilines is 3. The third-order valence-electron chi connectivity index (χ3n) is 25.3. The molecule has 12 rings (SSSR count). The van der Waals surface area contributed by atoms with Crippen LogP contribution >= 0.6 is 21.6 Å². The van der Waals surface area contributed by atoms with Gasteiger partial charge in [-0.2, -0.15) is 4.98 Å². The molecule has 1 unspecified atom stereocenters. The highest BCUT2D eigenvalue weighted by atomic mass is 33.1. The lowest BCUT2D eigenvalue weighted by atomic mass is 9.47. The number of carboxylic acid groups (broad SMARTS) is 5. The molecular formula is C85H109N19O26S2. The summed E-state index contributed by atoms with van der Waals surface area (Å²) in [5.41, 5.74) is 13.2. The van der Waals surface area contributed by atoms with Gasteiger partial charge in [-0.25, -0.2) is 29.8 Å². The number of H-pyrrole nitrogens is 2. The number of carbonyl (C=O) groups excluding carboxylic acids is 9. The summed E-state index contributed by atoms with van der Waals surface area (Å²) < 4.78 is 17.7. The zero-order valence-corrected chi connectivity index (χ0v) is 74.8. The fraction of sp³-hybridized carbons (Fsp3) is 0.506. The van der Waals surface area contributed by atoms with Crippen LogP contribution in [0, 0.1) is 17.3 Å². The van der Waals surface area contributed by atoms with Gasteiger partial charge in [-0.05, 0) is 105 Å². The molecule has 6 aliphatic rings. The number of amides is 8. The number of nitrogens with zero attached hydrogens (tertiary/aromatic N) is 6. The SMILES string of the molecule is CC[C@]1(O)C[C@H]2CN(CCc3c([nH]c4ccccc34)[C@@](C(=O)OC)(c3cc4c(cc3OC)N(C)[C@H]3[C@@](O)(C(=O)NNC(=O)OCCSSC[C@H](NC(=O)[C@H](CN)NC(=O)[C@@H](C)CC(=O)O)C(=O)O)[C@H](O)[C@]5(CC)C=CCN6CC[C@]43[C@@H]65)C2)C1.CNC(=O)[C@H](CC(=O)O)NC(=O)[C@H](CC(=O)O)NC(=O)CC[C@H](NC(=O)c1ccc(NCc2cnc3nc(N)[nH]c(=O)c3n2)cc1)C(=O)O. The number of para-hydroxylation sites is 1. The number of esters is 1. The summed E-state index contributed by atoms with van der Waals surface area (Å²) >= 11 is 0. The summed E-state index contributed by atoms with van der Waals surface area (Å²) in [4.78, 5) is 213. The van der Waals surface area contributed by atoms with Gasteiger partial charge in [0.2, 0.25) is 35.5 Å². The average molecular weight is 1880 g/mol. The summed E-state index contributed by atoms with van der Waals surface area (Å²) in [7, 11) is 8.02. The Kier molecular flexibility index (Phi) is 31.9. The Morgan fingerprint density at radius 1 is 0.742 bits per heavy atom. The van der Waals surface area contributed by atoms with E-state index in [0.29, 0.717) is 98.9 Å². The van der Waals surface area contributed by atoms with Crippen LogP contribution in [0.25, 0.3) is 22.1 Å². The van der Waals surface area contributed by atoms with Crippen molar-refractivity contribution < 1.29 is 122 Å². The van der Waals surface area contributed by atoms with Crippen molar-refractivity contribution in [1.29, 1.82) is 0 Å². The van der Waals surface area contributed by atoms with Crippen molar-refractivity contribution in [2.45, 2.75) is 168 Å². The lowest BCUT2D eigenvalue weighted by Gasteiger charge is -2.63. The van der Waals surface area contributed by atoms with Crippen molar-refractivity contribution in [3.63, 3.8) is 0 Å². The van der Waals surface area contributed by atoms with E-state index in [1.807, 2.05) is 67.3 Å². The molecule has 0 radical (unpaired) electrons. The molecule has 5 aliphatic heterocycles. The number of hydrazine groups is 1. The predicted octanol–water partition coefficient (Wildman–Crippen LogP) is -0.955. The van der Waals surface area contributed by atoms with Crippen LogP contribution in [-0.2, 0) is 90.8 Å². The largest absolute Gasteiger partial charge is 0.496 e. The number of aliphatic hydroxyl groups is 3. The number of benzene rings is 3. The maximum absolute atomic E-state index is 15.5. The van der Waals surface area contributed by atoms with E-state index in [4.69, 9.17) is 35.9 Å². The number of fused-ring (bicyclic) bond motifs is 7. The molecule has 2 saturated heterocycles. The summed E-state index contributed by atoms with van der Waals surface area (Å²) in [5, 5.41) is 102. The molecule has 1 spiro atoms. The van der Waals surface area contributed by atoms with Gasteiger partial charge in [0.25, 0.3) is 17.4 Å². The number of piperidine rings is 1. The number of nitrogens with one attached hydrogen (secondary N) is 11. The van der Waals surface area contributed by atoms with Crippen molar-refractivity contribution >= 4 is 144 Å². The first kappa shape index (κ1) is 99.8. The van der Waals surface area contributed by atoms with Crippen LogP contribution in [0.15, 0.2) is 83.8 Å². The Bertz CT molecular complexity index is 5510. The Balaban J connectivity index is 0.000000292. The molecule has 1 aliphatic carbocycles.